The van der Waals surface area contributed by atoms with Crippen LogP contribution in [-0.2, 0) is 0 Å². The molecular weight excluding hydrogens is 180 g/mol. The van der Waals surface area contributed by atoms with Crippen molar-refractivity contribution in [1.29, 1.82) is 0 Å². The minimum absolute atomic E-state index is 0.255. The molecule has 0 aliphatic carbocycles. The predicted octanol–water partition coefficient (Wildman–Crippen LogP) is 0.974. The Morgan fingerprint density at radius 1 is 1.67 bits per heavy atom. The summed E-state index contributed by atoms with van der Waals surface area (Å²) in [6.07, 6.45) is 1.45. The van der Waals surface area contributed by atoms with Gasteiger partial charge in [0.25, 0.3) is 5.91 Å². The number of nitrogens with one attached hydrogen (secondary N) is 1. The van der Waals surface area contributed by atoms with Crippen LogP contribution in [0.4, 0.5) is 0 Å². The summed E-state index contributed by atoms with van der Waals surface area (Å²) in [6, 6.07) is 3.16. The number of hydrogen-bond acceptors (Lipinski definition) is 3. The van der Waals surface area contributed by atoms with Crippen molar-refractivity contribution in [2.24, 2.45) is 0 Å². The standard InChI is InChI=1S/C7H7ClN2O2/c1-12-5-2-3-6(9-4-5)7(11)10-8/h2-4H,1H3,(H,10,11). The molecule has 64 valence electrons. The summed E-state index contributed by atoms with van der Waals surface area (Å²) in [7, 11) is 1.53. The van der Waals surface area contributed by atoms with Crippen molar-refractivity contribution >= 4 is 17.7 Å². The summed E-state index contributed by atoms with van der Waals surface area (Å²) in [6.45, 7) is 0. The Hall–Kier alpha value is -1.29. The van der Waals surface area contributed by atoms with Crippen LogP contribution in [0, 0.1) is 0 Å². The molecule has 0 saturated heterocycles. The Morgan fingerprint density at radius 2 is 2.42 bits per heavy atom. The number of rotatable bonds is 2. The summed E-state index contributed by atoms with van der Waals surface area (Å²) in [4.78, 5) is 16.6. The van der Waals surface area contributed by atoms with Gasteiger partial charge in [-0.25, -0.2) is 4.98 Å². The Morgan fingerprint density at radius 3 is 2.83 bits per heavy atom. The summed E-state index contributed by atoms with van der Waals surface area (Å²) in [5.41, 5.74) is 0.255. The van der Waals surface area contributed by atoms with Gasteiger partial charge in [0.2, 0.25) is 0 Å². The molecule has 1 aromatic heterocycles. The maximum Gasteiger partial charge on any atom is 0.284 e. The minimum atomic E-state index is -0.431. The van der Waals surface area contributed by atoms with E-state index < -0.39 is 5.91 Å². The first kappa shape index (κ1) is 8.80. The highest BCUT2D eigenvalue weighted by molar-refractivity contribution is 6.23. The van der Waals surface area contributed by atoms with Gasteiger partial charge >= 0.3 is 0 Å². The Labute approximate surface area is 74.6 Å². The molecule has 0 aliphatic rings. The van der Waals surface area contributed by atoms with Crippen LogP contribution >= 0.6 is 11.8 Å². The van der Waals surface area contributed by atoms with Crippen molar-refractivity contribution in [2.45, 2.75) is 0 Å². The lowest BCUT2D eigenvalue weighted by Gasteiger charge is -1.99. The summed E-state index contributed by atoms with van der Waals surface area (Å²) in [5, 5.41) is 0. The molecule has 0 saturated carbocycles. The van der Waals surface area contributed by atoms with Gasteiger partial charge in [0.1, 0.15) is 11.4 Å². The number of carbonyl (C=O) groups is 1. The highest BCUT2D eigenvalue weighted by Gasteiger charge is 2.04. The smallest absolute Gasteiger partial charge is 0.284 e. The molecule has 0 unspecified atom stereocenters. The Balaban J connectivity index is 2.84. The second-order valence-corrected chi connectivity index (χ2v) is 2.20. The van der Waals surface area contributed by atoms with Crippen molar-refractivity contribution < 1.29 is 9.53 Å². The van der Waals surface area contributed by atoms with E-state index in [-0.39, 0.29) is 5.69 Å². The number of halogens is 1. The Bertz CT molecular complexity index is 273. The first-order valence-electron chi connectivity index (χ1n) is 3.19. The molecule has 5 heteroatoms. The Kier molecular flexibility index (Phi) is 2.88. The van der Waals surface area contributed by atoms with Gasteiger partial charge in [-0.2, -0.15) is 0 Å². The quantitative estimate of drug-likeness (QED) is 0.701. The highest BCUT2D eigenvalue weighted by atomic mass is 35.5. The van der Waals surface area contributed by atoms with E-state index in [9.17, 15) is 4.79 Å². The van der Waals surface area contributed by atoms with E-state index in [1.54, 1.807) is 6.07 Å². The molecule has 12 heavy (non-hydrogen) atoms. The highest BCUT2D eigenvalue weighted by Crippen LogP contribution is 2.07. The number of carbonyl (C=O) groups excluding carboxylic acids is 1. The average molecular weight is 187 g/mol. The molecule has 0 bridgehead atoms. The lowest BCUT2D eigenvalue weighted by Crippen LogP contribution is -2.13. The number of pyridine rings is 1. The molecule has 4 nitrogen and oxygen atoms in total. The van der Waals surface area contributed by atoms with Crippen LogP contribution in [-0.4, -0.2) is 18.0 Å². The van der Waals surface area contributed by atoms with Crippen LogP contribution in [0.15, 0.2) is 18.3 Å². The van der Waals surface area contributed by atoms with Gasteiger partial charge in [0.05, 0.1) is 13.3 Å². The van der Waals surface area contributed by atoms with Crippen LogP contribution in [0.25, 0.3) is 0 Å². The van der Waals surface area contributed by atoms with E-state index in [0.717, 1.165) is 0 Å². The zero-order valence-electron chi connectivity index (χ0n) is 6.37. The number of hydrogen-bond donors (Lipinski definition) is 1. The van der Waals surface area contributed by atoms with Gasteiger partial charge in [-0.15, -0.1) is 0 Å². The second-order valence-electron chi connectivity index (χ2n) is 2.01. The van der Waals surface area contributed by atoms with E-state index in [0.29, 0.717) is 5.75 Å². The third-order valence-electron chi connectivity index (χ3n) is 1.29. The van der Waals surface area contributed by atoms with Gasteiger partial charge in [-0.3, -0.25) is 9.63 Å². The maximum atomic E-state index is 10.9. The molecule has 1 N–H and O–H groups in total. The molecule has 1 heterocycles. The van der Waals surface area contributed by atoms with Gasteiger partial charge < -0.3 is 4.74 Å². The van der Waals surface area contributed by atoms with Crippen molar-refractivity contribution in [3.8, 4) is 5.75 Å². The molecule has 1 amide bonds. The van der Waals surface area contributed by atoms with Gasteiger partial charge in [0, 0.05) is 11.8 Å². The van der Waals surface area contributed by atoms with Crippen molar-refractivity contribution in [3.63, 3.8) is 0 Å². The zero-order chi connectivity index (χ0) is 8.97. The zero-order valence-corrected chi connectivity index (χ0v) is 7.13. The van der Waals surface area contributed by atoms with Gasteiger partial charge in [0.15, 0.2) is 0 Å². The largest absolute Gasteiger partial charge is 0.495 e. The molecule has 0 spiro atoms. The number of ether oxygens (including phenoxy) is 1. The van der Waals surface area contributed by atoms with Crippen molar-refractivity contribution in [2.75, 3.05) is 7.11 Å². The summed E-state index contributed by atoms with van der Waals surface area (Å²) >= 11 is 5.09. The van der Waals surface area contributed by atoms with Gasteiger partial charge in [-0.1, -0.05) is 0 Å². The lowest BCUT2D eigenvalue weighted by molar-refractivity contribution is 0.0977. The number of aromatic nitrogens is 1. The van der Waals surface area contributed by atoms with E-state index in [2.05, 4.69) is 4.98 Å². The maximum absolute atomic E-state index is 10.9. The topological polar surface area (TPSA) is 51.2 Å². The van der Waals surface area contributed by atoms with Crippen LogP contribution in [0.2, 0.25) is 0 Å². The molecule has 0 radical (unpaired) electrons. The molecule has 0 aliphatic heterocycles. The van der Waals surface area contributed by atoms with Crippen molar-refractivity contribution in [1.82, 2.24) is 9.82 Å². The van der Waals surface area contributed by atoms with Crippen molar-refractivity contribution in [3.05, 3.63) is 24.0 Å². The van der Waals surface area contributed by atoms with Crippen LogP contribution in [0.3, 0.4) is 0 Å². The summed E-state index contributed by atoms with van der Waals surface area (Å²) < 4.78 is 4.86. The number of amides is 1. The molecule has 0 atom stereocenters. The third-order valence-corrected chi connectivity index (χ3v) is 1.46. The fourth-order valence-electron chi connectivity index (χ4n) is 0.684. The van der Waals surface area contributed by atoms with Crippen LogP contribution < -0.4 is 9.57 Å². The first-order valence-corrected chi connectivity index (χ1v) is 3.56. The normalized spacial score (nSPS) is 9.17. The number of nitrogens with zero attached hydrogens (tertiary/aromatic N) is 1. The lowest BCUT2D eigenvalue weighted by atomic mass is 10.3. The fraction of sp³-hybridized carbons (Fsp3) is 0.143. The van der Waals surface area contributed by atoms with Gasteiger partial charge in [-0.05, 0) is 12.1 Å². The van der Waals surface area contributed by atoms with E-state index in [4.69, 9.17) is 16.5 Å². The van der Waals surface area contributed by atoms with Crippen LogP contribution in [0.5, 0.6) is 5.75 Å². The second kappa shape index (κ2) is 3.92. The molecule has 0 fully saturated rings. The molecule has 1 aromatic rings. The predicted molar refractivity (Wildman–Crippen MR) is 44.1 cm³/mol. The summed E-state index contributed by atoms with van der Waals surface area (Å²) in [5.74, 6) is 0.167. The monoisotopic (exact) mass is 186 g/mol. The SMILES string of the molecule is COc1ccc(C(=O)NCl)nc1. The minimum Gasteiger partial charge on any atom is -0.495 e. The van der Waals surface area contributed by atoms with E-state index >= 15 is 0 Å². The molecule has 0 aromatic carbocycles. The third kappa shape index (κ3) is 1.85. The average Bonchev–Trinajstić information content (AvgIpc) is 2.17. The molecule has 1 rings (SSSR count). The first-order chi connectivity index (χ1) is 5.77. The number of methoxy groups -OCH3 is 1. The van der Waals surface area contributed by atoms with E-state index in [1.165, 1.54) is 19.4 Å². The van der Waals surface area contributed by atoms with Crippen LogP contribution in [0.1, 0.15) is 10.5 Å². The molecular formula is C7H7ClN2O2. The fourth-order valence-corrected chi connectivity index (χ4v) is 0.781. The van der Waals surface area contributed by atoms with E-state index in [1.807, 2.05) is 4.84 Å².